The molecule has 0 saturated heterocycles. The summed E-state index contributed by atoms with van der Waals surface area (Å²) in [6.07, 6.45) is 3.72. The van der Waals surface area contributed by atoms with E-state index in [2.05, 4.69) is 27.2 Å². The number of nitrogens with one attached hydrogen (secondary N) is 1. The number of hydrogen-bond acceptors (Lipinski definition) is 5. The molecule has 19 heavy (non-hydrogen) atoms. The Bertz CT molecular complexity index is 568. The van der Waals surface area contributed by atoms with Crippen molar-refractivity contribution in [3.05, 3.63) is 32.6 Å². The third-order valence-electron chi connectivity index (χ3n) is 2.68. The first-order valence-electron chi connectivity index (χ1n) is 6.28. The lowest BCUT2D eigenvalue weighted by Crippen LogP contribution is -2.07. The van der Waals surface area contributed by atoms with Crippen LogP contribution in [0.2, 0.25) is 5.15 Å². The van der Waals surface area contributed by atoms with Crippen molar-refractivity contribution in [2.75, 3.05) is 5.32 Å². The topological polar surface area (TPSA) is 50.7 Å². The summed E-state index contributed by atoms with van der Waals surface area (Å²) in [5.74, 6) is 1.59. The van der Waals surface area contributed by atoms with E-state index in [4.69, 9.17) is 11.6 Å². The summed E-state index contributed by atoms with van der Waals surface area (Å²) in [6.45, 7) is 6.74. The van der Waals surface area contributed by atoms with E-state index >= 15 is 0 Å². The second-order valence-corrected chi connectivity index (χ2v) is 6.05. The lowest BCUT2D eigenvalue weighted by Gasteiger charge is -2.10. The van der Waals surface area contributed by atoms with Crippen LogP contribution in [0.3, 0.4) is 0 Å². The van der Waals surface area contributed by atoms with Crippen LogP contribution in [0, 0.1) is 13.8 Å². The molecule has 2 rings (SSSR count). The molecule has 0 aliphatic rings. The zero-order valence-electron chi connectivity index (χ0n) is 11.3. The average molecular weight is 297 g/mol. The lowest BCUT2D eigenvalue weighted by molar-refractivity contribution is 0.829. The van der Waals surface area contributed by atoms with E-state index in [0.717, 1.165) is 35.1 Å². The van der Waals surface area contributed by atoms with Gasteiger partial charge in [-0.1, -0.05) is 18.5 Å². The van der Waals surface area contributed by atoms with E-state index in [9.17, 15) is 0 Å². The van der Waals surface area contributed by atoms with Gasteiger partial charge in [-0.3, -0.25) is 0 Å². The molecule has 0 unspecified atom stereocenters. The summed E-state index contributed by atoms with van der Waals surface area (Å²) in [4.78, 5) is 14.3. The van der Waals surface area contributed by atoms with E-state index in [1.165, 1.54) is 4.88 Å². The first-order valence-corrected chi connectivity index (χ1v) is 7.47. The van der Waals surface area contributed by atoms with Crippen molar-refractivity contribution < 1.29 is 0 Å². The Labute approximate surface area is 122 Å². The maximum absolute atomic E-state index is 6.14. The third-order valence-corrected chi connectivity index (χ3v) is 3.96. The van der Waals surface area contributed by atoms with Crippen molar-refractivity contribution in [3.63, 3.8) is 0 Å². The molecule has 0 atom stereocenters. The fourth-order valence-electron chi connectivity index (χ4n) is 1.68. The Morgan fingerprint density at radius 1 is 1.32 bits per heavy atom. The van der Waals surface area contributed by atoms with Gasteiger partial charge in [-0.15, -0.1) is 11.3 Å². The van der Waals surface area contributed by atoms with Crippen molar-refractivity contribution in [3.8, 4) is 0 Å². The Balaban J connectivity index is 2.14. The van der Waals surface area contributed by atoms with Gasteiger partial charge in [0.1, 0.15) is 21.8 Å². The molecule has 2 aromatic heterocycles. The highest BCUT2D eigenvalue weighted by Crippen LogP contribution is 2.21. The van der Waals surface area contributed by atoms with Crippen LogP contribution in [-0.2, 0) is 13.0 Å². The van der Waals surface area contributed by atoms with E-state index in [1.807, 2.05) is 20.0 Å². The first-order chi connectivity index (χ1) is 9.10. The van der Waals surface area contributed by atoms with Crippen molar-refractivity contribution in [1.29, 1.82) is 0 Å². The predicted octanol–water partition coefficient (Wildman–Crippen LogP) is 3.77. The molecule has 4 nitrogen and oxygen atoms in total. The second-order valence-electron chi connectivity index (χ2n) is 4.37. The quantitative estimate of drug-likeness (QED) is 0.853. The maximum Gasteiger partial charge on any atom is 0.137 e. The van der Waals surface area contributed by atoms with Crippen LogP contribution in [0.25, 0.3) is 0 Å². The van der Waals surface area contributed by atoms with Gasteiger partial charge >= 0.3 is 0 Å². The van der Waals surface area contributed by atoms with Crippen LogP contribution < -0.4 is 5.32 Å². The van der Waals surface area contributed by atoms with E-state index in [1.54, 1.807) is 11.3 Å². The highest BCUT2D eigenvalue weighted by molar-refractivity contribution is 7.11. The number of aromatic nitrogens is 3. The summed E-state index contributed by atoms with van der Waals surface area (Å²) < 4.78 is 0. The van der Waals surface area contributed by atoms with Gasteiger partial charge in [0.15, 0.2) is 0 Å². The van der Waals surface area contributed by atoms with Gasteiger partial charge in [0.25, 0.3) is 0 Å². The molecular formula is C13H17ClN4S. The van der Waals surface area contributed by atoms with Crippen LogP contribution in [0.15, 0.2) is 6.20 Å². The Morgan fingerprint density at radius 2 is 2.11 bits per heavy atom. The van der Waals surface area contributed by atoms with Crippen LogP contribution in [0.5, 0.6) is 0 Å². The molecule has 1 N–H and O–H groups in total. The van der Waals surface area contributed by atoms with Gasteiger partial charge in [-0.05, 0) is 20.3 Å². The highest BCUT2D eigenvalue weighted by atomic mass is 35.5. The van der Waals surface area contributed by atoms with E-state index in [-0.39, 0.29) is 0 Å². The van der Waals surface area contributed by atoms with Crippen LogP contribution >= 0.6 is 22.9 Å². The molecule has 0 spiro atoms. The minimum Gasteiger partial charge on any atom is -0.363 e. The molecule has 6 heteroatoms. The molecule has 0 aliphatic heterocycles. The Morgan fingerprint density at radius 3 is 2.74 bits per heavy atom. The second kappa shape index (κ2) is 6.30. The predicted molar refractivity (Wildman–Crippen MR) is 80.0 cm³/mol. The molecule has 0 radical (unpaired) electrons. The monoisotopic (exact) mass is 296 g/mol. The van der Waals surface area contributed by atoms with E-state index in [0.29, 0.717) is 11.7 Å². The van der Waals surface area contributed by atoms with Gasteiger partial charge in [0, 0.05) is 23.1 Å². The SMILES string of the molecule is CCCc1nc(Cl)c(C)c(NCc2ncc(C)s2)n1. The molecule has 0 aromatic carbocycles. The Kier molecular flexibility index (Phi) is 4.71. The molecule has 0 fully saturated rings. The van der Waals surface area contributed by atoms with Crippen molar-refractivity contribution in [2.24, 2.45) is 0 Å². The summed E-state index contributed by atoms with van der Waals surface area (Å²) in [7, 11) is 0. The van der Waals surface area contributed by atoms with Gasteiger partial charge in [-0.25, -0.2) is 15.0 Å². The smallest absolute Gasteiger partial charge is 0.137 e. The summed E-state index contributed by atoms with van der Waals surface area (Å²) in [6, 6.07) is 0. The molecule has 0 amide bonds. The molecule has 102 valence electrons. The third kappa shape index (κ3) is 3.64. The van der Waals surface area contributed by atoms with Crippen molar-refractivity contribution in [1.82, 2.24) is 15.0 Å². The minimum atomic E-state index is 0.524. The molecule has 0 aliphatic carbocycles. The first kappa shape index (κ1) is 14.2. The number of thiazole rings is 1. The fraction of sp³-hybridized carbons (Fsp3) is 0.462. The van der Waals surface area contributed by atoms with Gasteiger partial charge < -0.3 is 5.32 Å². The summed E-state index contributed by atoms with van der Waals surface area (Å²) in [5.41, 5.74) is 0.884. The zero-order chi connectivity index (χ0) is 13.8. The zero-order valence-corrected chi connectivity index (χ0v) is 12.9. The summed E-state index contributed by atoms with van der Waals surface area (Å²) in [5, 5.41) is 4.86. The highest BCUT2D eigenvalue weighted by Gasteiger charge is 2.09. The fourth-order valence-corrected chi connectivity index (χ4v) is 2.60. The minimum absolute atomic E-state index is 0.524. The van der Waals surface area contributed by atoms with Crippen LogP contribution in [0.4, 0.5) is 5.82 Å². The standard InChI is InChI=1S/C13H17ClN4S/c1-4-5-10-17-12(14)9(3)13(18-10)16-7-11-15-6-8(2)19-11/h6H,4-5,7H2,1-3H3,(H,16,17,18). The van der Waals surface area contributed by atoms with E-state index < -0.39 is 0 Å². The maximum atomic E-state index is 6.14. The molecular weight excluding hydrogens is 280 g/mol. The van der Waals surface area contributed by atoms with Gasteiger partial charge in [0.05, 0.1) is 6.54 Å². The normalized spacial score (nSPS) is 10.7. The van der Waals surface area contributed by atoms with Crippen molar-refractivity contribution >= 4 is 28.8 Å². The van der Waals surface area contributed by atoms with Crippen LogP contribution in [-0.4, -0.2) is 15.0 Å². The van der Waals surface area contributed by atoms with Gasteiger partial charge in [0.2, 0.25) is 0 Å². The number of rotatable bonds is 5. The largest absolute Gasteiger partial charge is 0.363 e. The number of anilines is 1. The number of nitrogens with zero attached hydrogens (tertiary/aromatic N) is 3. The average Bonchev–Trinajstić information content (AvgIpc) is 2.78. The number of hydrogen-bond donors (Lipinski definition) is 1. The summed E-state index contributed by atoms with van der Waals surface area (Å²) >= 11 is 7.82. The molecule has 2 heterocycles. The van der Waals surface area contributed by atoms with Gasteiger partial charge in [-0.2, -0.15) is 0 Å². The molecule has 0 saturated carbocycles. The number of halogens is 1. The molecule has 2 aromatic rings. The Hall–Kier alpha value is -1.20. The van der Waals surface area contributed by atoms with Crippen molar-refractivity contribution in [2.45, 2.75) is 40.2 Å². The lowest BCUT2D eigenvalue weighted by atomic mass is 10.3. The molecule has 0 bridgehead atoms. The van der Waals surface area contributed by atoms with Crippen LogP contribution in [0.1, 0.15) is 34.6 Å². The number of aryl methyl sites for hydroxylation is 2.